The van der Waals surface area contributed by atoms with Gasteiger partial charge < -0.3 is 15.0 Å². The van der Waals surface area contributed by atoms with Crippen molar-refractivity contribution in [1.82, 2.24) is 15.3 Å². The van der Waals surface area contributed by atoms with E-state index in [0.29, 0.717) is 5.69 Å². The molecule has 0 spiro atoms. The Bertz CT molecular complexity index is 1140. The Labute approximate surface area is 156 Å². The number of aromatic amines is 1. The molecule has 0 atom stereocenters. The van der Waals surface area contributed by atoms with Crippen LogP contribution >= 0.6 is 0 Å². The molecule has 2 N–H and O–H groups in total. The number of para-hydroxylation sites is 1. The maximum atomic E-state index is 12.1. The van der Waals surface area contributed by atoms with E-state index in [0.717, 1.165) is 27.6 Å². The third-order valence-corrected chi connectivity index (χ3v) is 4.13. The Morgan fingerprint density at radius 2 is 1.93 bits per heavy atom. The van der Waals surface area contributed by atoms with E-state index in [2.05, 4.69) is 27.1 Å². The highest BCUT2D eigenvalue weighted by atomic mass is 16.5. The van der Waals surface area contributed by atoms with Crippen LogP contribution in [0, 0.1) is 11.8 Å². The van der Waals surface area contributed by atoms with Gasteiger partial charge in [-0.1, -0.05) is 36.1 Å². The summed E-state index contributed by atoms with van der Waals surface area (Å²) in [5, 5.41) is 4.85. The fourth-order valence-electron chi connectivity index (χ4n) is 2.78. The van der Waals surface area contributed by atoms with E-state index >= 15 is 0 Å². The van der Waals surface area contributed by atoms with Crippen molar-refractivity contribution in [1.29, 1.82) is 0 Å². The van der Waals surface area contributed by atoms with Crippen LogP contribution in [0.1, 0.15) is 10.5 Å². The van der Waals surface area contributed by atoms with Crippen LogP contribution in [-0.4, -0.2) is 29.0 Å². The first kappa shape index (κ1) is 16.7. The van der Waals surface area contributed by atoms with Crippen molar-refractivity contribution in [2.24, 2.45) is 0 Å². The molecular formula is C22H17N3O2. The second-order valence-corrected chi connectivity index (χ2v) is 5.95. The number of amides is 1. The predicted octanol–water partition coefficient (Wildman–Crippen LogP) is 3.53. The Morgan fingerprint density at radius 3 is 2.85 bits per heavy atom. The molecule has 0 aliphatic heterocycles. The van der Waals surface area contributed by atoms with Crippen molar-refractivity contribution in [3.63, 3.8) is 0 Å². The Morgan fingerprint density at radius 1 is 1.04 bits per heavy atom. The Kier molecular flexibility index (Phi) is 4.71. The average molecular weight is 355 g/mol. The van der Waals surface area contributed by atoms with Gasteiger partial charge in [-0.2, -0.15) is 0 Å². The van der Waals surface area contributed by atoms with Crippen molar-refractivity contribution >= 4 is 27.7 Å². The van der Waals surface area contributed by atoms with E-state index < -0.39 is 0 Å². The van der Waals surface area contributed by atoms with Crippen molar-refractivity contribution in [2.75, 3.05) is 13.2 Å². The van der Waals surface area contributed by atoms with Gasteiger partial charge in [0.1, 0.15) is 18.1 Å². The standard InChI is InChI=1S/C22H17N3O2/c26-22(21-14-17-6-1-2-8-19(17)25-21)24-11-3-4-13-27-18-10-9-16-7-5-12-23-20(16)15-18/h1-2,5-10,12,14-15,25H,11,13H2,(H,24,26). The van der Waals surface area contributed by atoms with Gasteiger partial charge in [-0.25, -0.2) is 0 Å². The van der Waals surface area contributed by atoms with Crippen LogP contribution in [0.3, 0.4) is 0 Å². The number of hydrogen-bond donors (Lipinski definition) is 2. The van der Waals surface area contributed by atoms with Crippen LogP contribution in [0.5, 0.6) is 5.75 Å². The van der Waals surface area contributed by atoms with Gasteiger partial charge in [0.2, 0.25) is 0 Å². The molecule has 2 heterocycles. The molecule has 1 amide bonds. The number of hydrogen-bond acceptors (Lipinski definition) is 3. The first-order valence-corrected chi connectivity index (χ1v) is 8.59. The Hall–Kier alpha value is -3.78. The number of ether oxygens (including phenoxy) is 1. The highest BCUT2D eigenvalue weighted by Gasteiger charge is 2.07. The largest absolute Gasteiger partial charge is 0.481 e. The second kappa shape index (κ2) is 7.63. The normalized spacial score (nSPS) is 10.4. The summed E-state index contributed by atoms with van der Waals surface area (Å²) in [6.07, 6.45) is 1.75. The van der Waals surface area contributed by atoms with Gasteiger partial charge in [0.15, 0.2) is 0 Å². The van der Waals surface area contributed by atoms with Crippen LogP contribution < -0.4 is 10.1 Å². The average Bonchev–Trinajstić information content (AvgIpc) is 3.15. The molecule has 0 aliphatic carbocycles. The fourth-order valence-corrected chi connectivity index (χ4v) is 2.78. The van der Waals surface area contributed by atoms with Crippen LogP contribution in [0.15, 0.2) is 66.9 Å². The molecule has 4 aromatic rings. The van der Waals surface area contributed by atoms with Crippen molar-refractivity contribution in [3.05, 3.63) is 72.6 Å². The smallest absolute Gasteiger partial charge is 0.268 e. The van der Waals surface area contributed by atoms with Crippen LogP contribution in [0.4, 0.5) is 0 Å². The van der Waals surface area contributed by atoms with Crippen LogP contribution in [0.25, 0.3) is 21.8 Å². The number of nitrogens with zero attached hydrogens (tertiary/aromatic N) is 1. The molecular weight excluding hydrogens is 338 g/mol. The number of pyridine rings is 1. The lowest BCUT2D eigenvalue weighted by Crippen LogP contribution is -2.23. The molecule has 4 rings (SSSR count). The number of carbonyl (C=O) groups excluding carboxylic acids is 1. The van der Waals surface area contributed by atoms with E-state index in [9.17, 15) is 4.79 Å². The zero-order chi connectivity index (χ0) is 18.5. The minimum atomic E-state index is -0.179. The zero-order valence-corrected chi connectivity index (χ0v) is 14.5. The van der Waals surface area contributed by atoms with Gasteiger partial charge in [0.05, 0.1) is 12.1 Å². The van der Waals surface area contributed by atoms with Gasteiger partial charge in [0.25, 0.3) is 5.91 Å². The zero-order valence-electron chi connectivity index (χ0n) is 14.5. The van der Waals surface area contributed by atoms with E-state index in [1.807, 2.05) is 60.7 Å². The first-order chi connectivity index (χ1) is 13.3. The summed E-state index contributed by atoms with van der Waals surface area (Å²) in [6, 6.07) is 19.2. The second-order valence-electron chi connectivity index (χ2n) is 5.95. The molecule has 0 bridgehead atoms. The van der Waals surface area contributed by atoms with Crippen LogP contribution in [0.2, 0.25) is 0 Å². The summed E-state index contributed by atoms with van der Waals surface area (Å²) in [5.41, 5.74) is 2.35. The number of nitrogens with one attached hydrogen (secondary N) is 2. The minimum Gasteiger partial charge on any atom is -0.481 e. The molecule has 0 fully saturated rings. The fraction of sp³-hybridized carbons (Fsp3) is 0.0909. The SMILES string of the molecule is O=C(NCC#CCOc1ccc2cccnc2c1)c1cc2ccccc2[nH]1. The van der Waals surface area contributed by atoms with E-state index in [-0.39, 0.29) is 19.1 Å². The summed E-state index contributed by atoms with van der Waals surface area (Å²) < 4.78 is 5.61. The van der Waals surface area contributed by atoms with E-state index in [4.69, 9.17) is 4.74 Å². The molecule has 132 valence electrons. The number of H-pyrrole nitrogens is 1. The van der Waals surface area contributed by atoms with Crippen molar-refractivity contribution in [3.8, 4) is 17.6 Å². The number of rotatable bonds is 4. The van der Waals surface area contributed by atoms with Gasteiger partial charge in [-0.05, 0) is 30.3 Å². The van der Waals surface area contributed by atoms with Crippen molar-refractivity contribution < 1.29 is 9.53 Å². The molecule has 5 nitrogen and oxygen atoms in total. The predicted molar refractivity (Wildman–Crippen MR) is 106 cm³/mol. The van der Waals surface area contributed by atoms with Crippen molar-refractivity contribution in [2.45, 2.75) is 0 Å². The summed E-state index contributed by atoms with van der Waals surface area (Å²) in [4.78, 5) is 19.5. The van der Waals surface area contributed by atoms with Gasteiger partial charge >= 0.3 is 0 Å². The molecule has 2 aromatic heterocycles. The molecule has 0 saturated heterocycles. The van der Waals surface area contributed by atoms with E-state index in [1.54, 1.807) is 6.20 Å². The Balaban J connectivity index is 1.28. The highest BCUT2D eigenvalue weighted by molar-refractivity contribution is 5.98. The summed E-state index contributed by atoms with van der Waals surface area (Å²) in [5.74, 6) is 6.33. The third kappa shape index (κ3) is 3.91. The number of aromatic nitrogens is 2. The maximum Gasteiger partial charge on any atom is 0.268 e. The molecule has 0 saturated carbocycles. The lowest BCUT2D eigenvalue weighted by Gasteiger charge is -2.03. The number of benzene rings is 2. The third-order valence-electron chi connectivity index (χ3n) is 4.13. The first-order valence-electron chi connectivity index (χ1n) is 8.59. The monoisotopic (exact) mass is 355 g/mol. The summed E-state index contributed by atoms with van der Waals surface area (Å²) >= 11 is 0. The number of fused-ring (bicyclic) bond motifs is 2. The molecule has 5 heteroatoms. The van der Waals surface area contributed by atoms with Gasteiger partial charge in [-0.15, -0.1) is 0 Å². The molecule has 0 radical (unpaired) electrons. The maximum absolute atomic E-state index is 12.1. The molecule has 27 heavy (non-hydrogen) atoms. The highest BCUT2D eigenvalue weighted by Crippen LogP contribution is 2.18. The summed E-state index contributed by atoms with van der Waals surface area (Å²) in [7, 11) is 0. The quantitative estimate of drug-likeness (QED) is 0.550. The minimum absolute atomic E-state index is 0.179. The van der Waals surface area contributed by atoms with Gasteiger partial charge in [0, 0.05) is 28.6 Å². The van der Waals surface area contributed by atoms with Crippen LogP contribution in [-0.2, 0) is 0 Å². The summed E-state index contributed by atoms with van der Waals surface area (Å²) in [6.45, 7) is 0.511. The topological polar surface area (TPSA) is 67.0 Å². The van der Waals surface area contributed by atoms with Gasteiger partial charge in [-0.3, -0.25) is 9.78 Å². The lowest BCUT2D eigenvalue weighted by molar-refractivity contribution is 0.0954. The van der Waals surface area contributed by atoms with E-state index in [1.165, 1.54) is 0 Å². The molecule has 0 unspecified atom stereocenters. The number of carbonyl (C=O) groups is 1. The molecule has 0 aliphatic rings. The lowest BCUT2D eigenvalue weighted by atomic mass is 10.2. The molecule has 2 aromatic carbocycles.